The average molecular weight is 359 g/mol. The first-order valence-electron chi connectivity index (χ1n) is 5.55. The minimum absolute atomic E-state index is 0.0413. The van der Waals surface area contributed by atoms with E-state index in [-0.39, 0.29) is 5.91 Å². The van der Waals surface area contributed by atoms with Gasteiger partial charge in [-0.3, -0.25) is 4.79 Å². The molecular weight excluding hydrogens is 344 g/mol. The molecule has 1 amide bonds. The van der Waals surface area contributed by atoms with Gasteiger partial charge in [0, 0.05) is 6.42 Å². The number of aliphatic hydroxyl groups is 1. The van der Waals surface area contributed by atoms with E-state index in [1.165, 1.54) is 11.3 Å². The number of halogens is 1. The van der Waals surface area contributed by atoms with Crippen molar-refractivity contribution in [2.75, 3.05) is 18.2 Å². The quantitative estimate of drug-likeness (QED) is 0.767. The summed E-state index contributed by atoms with van der Waals surface area (Å²) in [5.74, 6) is -1.21. The number of carbonyl (C=O) groups excluding carboxylic acids is 2. The molecule has 0 atom stereocenters. The fourth-order valence-electron chi connectivity index (χ4n) is 0.834. The van der Waals surface area contributed by atoms with Gasteiger partial charge >= 0.3 is 16.1 Å². The van der Waals surface area contributed by atoms with Gasteiger partial charge in [0.15, 0.2) is 5.13 Å². The van der Waals surface area contributed by atoms with Gasteiger partial charge in [-0.1, -0.05) is 29.9 Å². The van der Waals surface area contributed by atoms with Crippen LogP contribution in [0.3, 0.4) is 0 Å². The van der Waals surface area contributed by atoms with Gasteiger partial charge < -0.3 is 14.6 Å². The van der Waals surface area contributed by atoms with E-state index in [4.69, 9.17) is 16.7 Å². The highest BCUT2D eigenvalue weighted by Gasteiger charge is 2.08. The number of nitrogens with zero attached hydrogens (tertiary/aromatic N) is 1. The number of carbonyl (C=O) groups is 2. The summed E-state index contributed by atoms with van der Waals surface area (Å²) in [5, 5.41) is 11.2. The van der Waals surface area contributed by atoms with Crippen LogP contribution in [-0.2, 0) is 23.9 Å². The summed E-state index contributed by atoms with van der Waals surface area (Å²) in [5.41, 5.74) is 0.757. The Labute approximate surface area is 131 Å². The van der Waals surface area contributed by atoms with Crippen molar-refractivity contribution in [3.8, 4) is 0 Å². The van der Waals surface area contributed by atoms with Crippen molar-refractivity contribution >= 4 is 50.1 Å². The molecule has 21 heavy (non-hydrogen) atoms. The minimum atomic E-state index is -3.74. The highest BCUT2D eigenvalue weighted by molar-refractivity contribution is 7.86. The standard InChI is InChI=1S/C7H9ClN2OS.C3H6O5S/c1-3-5(11)10-7-9-4(2)6(8)12-7;1-9(6,7)8-3(5)2-4/h3H2,1-2H3,(H,9,10,11);4H,2H2,1H3. The molecule has 0 radical (unpaired) electrons. The van der Waals surface area contributed by atoms with E-state index in [1.807, 2.05) is 0 Å². The van der Waals surface area contributed by atoms with E-state index in [1.54, 1.807) is 13.8 Å². The summed E-state index contributed by atoms with van der Waals surface area (Å²) < 4.78 is 24.4. The van der Waals surface area contributed by atoms with E-state index < -0.39 is 22.7 Å². The van der Waals surface area contributed by atoms with Gasteiger partial charge in [0.1, 0.15) is 10.9 Å². The molecule has 11 heteroatoms. The molecule has 0 aliphatic rings. The average Bonchev–Trinajstić information content (AvgIpc) is 2.66. The molecule has 2 N–H and O–H groups in total. The number of aromatic nitrogens is 1. The number of aryl methyl sites for hydroxylation is 1. The van der Waals surface area contributed by atoms with Crippen LogP contribution < -0.4 is 5.32 Å². The topological polar surface area (TPSA) is 123 Å². The zero-order valence-corrected chi connectivity index (χ0v) is 13.9. The monoisotopic (exact) mass is 358 g/mol. The van der Waals surface area contributed by atoms with Gasteiger partial charge in [-0.15, -0.1) is 0 Å². The number of rotatable bonds is 4. The molecule has 1 rings (SSSR count). The molecule has 120 valence electrons. The molecule has 0 bridgehead atoms. The Morgan fingerprint density at radius 2 is 2.05 bits per heavy atom. The SMILES string of the molecule is CCC(=O)Nc1nc(C)c(Cl)s1.CS(=O)(=O)OC(=O)CO. The van der Waals surface area contributed by atoms with E-state index >= 15 is 0 Å². The Morgan fingerprint density at radius 3 is 2.33 bits per heavy atom. The maximum absolute atomic E-state index is 10.9. The van der Waals surface area contributed by atoms with Crippen molar-refractivity contribution in [2.45, 2.75) is 20.3 Å². The third-order valence-corrected chi connectivity index (χ3v) is 3.54. The maximum atomic E-state index is 10.9. The number of hydrogen-bond acceptors (Lipinski definition) is 8. The lowest BCUT2D eigenvalue weighted by Crippen LogP contribution is -2.14. The summed E-state index contributed by atoms with van der Waals surface area (Å²) >= 11 is 7.04. The Kier molecular flexibility index (Phi) is 8.40. The predicted octanol–water partition coefficient (Wildman–Crippen LogP) is 0.935. The Balaban J connectivity index is 0.000000400. The van der Waals surface area contributed by atoms with Crippen LogP contribution in [0.2, 0.25) is 4.34 Å². The summed E-state index contributed by atoms with van der Waals surface area (Å²) in [4.78, 5) is 24.9. The smallest absolute Gasteiger partial charge is 0.347 e. The largest absolute Gasteiger partial charge is 0.385 e. The lowest BCUT2D eigenvalue weighted by molar-refractivity contribution is -0.136. The third-order valence-electron chi connectivity index (χ3n) is 1.68. The van der Waals surface area contributed by atoms with Crippen molar-refractivity contribution in [3.63, 3.8) is 0 Å². The highest BCUT2D eigenvalue weighted by Crippen LogP contribution is 2.26. The molecule has 0 aromatic carbocycles. The van der Waals surface area contributed by atoms with Crippen molar-refractivity contribution in [1.82, 2.24) is 4.98 Å². The van der Waals surface area contributed by atoms with E-state index in [2.05, 4.69) is 14.5 Å². The normalized spacial score (nSPS) is 10.3. The lowest BCUT2D eigenvalue weighted by atomic mass is 10.5. The fourth-order valence-corrected chi connectivity index (χ4v) is 2.20. The van der Waals surface area contributed by atoms with Crippen LogP contribution in [0.4, 0.5) is 5.13 Å². The second kappa shape index (κ2) is 8.93. The number of anilines is 1. The molecule has 8 nitrogen and oxygen atoms in total. The molecule has 1 aromatic heterocycles. The molecule has 0 saturated heterocycles. The molecule has 1 aromatic rings. The van der Waals surface area contributed by atoms with E-state index in [0.717, 1.165) is 11.9 Å². The zero-order valence-electron chi connectivity index (χ0n) is 11.5. The zero-order chi connectivity index (χ0) is 16.6. The number of aliphatic hydroxyl groups excluding tert-OH is 1. The van der Waals surface area contributed by atoms with Crippen LogP contribution in [0, 0.1) is 6.92 Å². The number of amides is 1. The van der Waals surface area contributed by atoms with Gasteiger partial charge in [-0.2, -0.15) is 8.42 Å². The predicted molar refractivity (Wildman–Crippen MR) is 78.8 cm³/mol. The second-order valence-corrected chi connectivity index (χ2v) is 6.77. The number of thiazole rings is 1. The van der Waals surface area contributed by atoms with Crippen LogP contribution in [-0.4, -0.2) is 43.2 Å². The van der Waals surface area contributed by atoms with Crippen LogP contribution in [0.25, 0.3) is 0 Å². The molecular formula is C10H15ClN2O6S2. The first-order valence-corrected chi connectivity index (χ1v) is 8.56. The van der Waals surface area contributed by atoms with E-state index in [0.29, 0.717) is 15.9 Å². The lowest BCUT2D eigenvalue weighted by Gasteiger charge is -1.95. The summed E-state index contributed by atoms with van der Waals surface area (Å²) in [6, 6.07) is 0. The molecule has 0 aliphatic carbocycles. The highest BCUT2D eigenvalue weighted by atomic mass is 35.5. The van der Waals surface area contributed by atoms with Crippen molar-refractivity contribution in [1.29, 1.82) is 0 Å². The molecule has 0 saturated carbocycles. The molecule has 0 unspecified atom stereocenters. The molecule has 0 spiro atoms. The van der Waals surface area contributed by atoms with Crippen molar-refractivity contribution in [2.24, 2.45) is 0 Å². The van der Waals surface area contributed by atoms with Crippen LogP contribution in [0.5, 0.6) is 0 Å². The Morgan fingerprint density at radius 1 is 1.48 bits per heavy atom. The maximum Gasteiger partial charge on any atom is 0.347 e. The van der Waals surface area contributed by atoms with Crippen LogP contribution in [0.1, 0.15) is 19.0 Å². The van der Waals surface area contributed by atoms with Gasteiger partial charge in [-0.05, 0) is 6.92 Å². The van der Waals surface area contributed by atoms with Crippen LogP contribution in [0.15, 0.2) is 0 Å². The first-order chi connectivity index (χ1) is 9.58. The van der Waals surface area contributed by atoms with Gasteiger partial charge in [0.25, 0.3) is 0 Å². The summed E-state index contributed by atoms with van der Waals surface area (Å²) in [7, 11) is -3.74. The fraction of sp³-hybridized carbons (Fsp3) is 0.500. The minimum Gasteiger partial charge on any atom is -0.385 e. The Hall–Kier alpha value is -1.23. The number of nitrogens with one attached hydrogen (secondary N) is 1. The first kappa shape index (κ1) is 19.8. The van der Waals surface area contributed by atoms with Crippen molar-refractivity contribution < 1.29 is 27.3 Å². The van der Waals surface area contributed by atoms with Gasteiger partial charge in [-0.25, -0.2) is 9.78 Å². The van der Waals surface area contributed by atoms with Gasteiger partial charge in [0.05, 0.1) is 11.9 Å². The number of hydrogen-bond donors (Lipinski definition) is 2. The van der Waals surface area contributed by atoms with E-state index in [9.17, 15) is 18.0 Å². The van der Waals surface area contributed by atoms with Gasteiger partial charge in [0.2, 0.25) is 5.91 Å². The summed E-state index contributed by atoms with van der Waals surface area (Å²) in [6.45, 7) is 2.67. The molecule has 1 heterocycles. The third kappa shape index (κ3) is 9.34. The molecule has 0 aliphatic heterocycles. The van der Waals surface area contributed by atoms with Crippen LogP contribution >= 0.6 is 22.9 Å². The Bertz CT molecular complexity index is 579. The molecule has 0 fully saturated rings. The second-order valence-electron chi connectivity index (χ2n) is 3.60. The summed E-state index contributed by atoms with van der Waals surface area (Å²) in [6.07, 6.45) is 1.18. The van der Waals surface area contributed by atoms with Crippen molar-refractivity contribution in [3.05, 3.63) is 10.0 Å².